The van der Waals surface area contributed by atoms with Crippen molar-refractivity contribution in [2.75, 3.05) is 17.3 Å². The molecule has 2 heterocycles. The van der Waals surface area contributed by atoms with Crippen LogP contribution in [-0.4, -0.2) is 29.1 Å². The van der Waals surface area contributed by atoms with E-state index in [2.05, 4.69) is 15.5 Å². The summed E-state index contributed by atoms with van der Waals surface area (Å²) in [5, 5.41) is 6.56. The van der Waals surface area contributed by atoms with Gasteiger partial charge in [-0.25, -0.2) is 4.39 Å². The first-order chi connectivity index (χ1) is 14.6. The molecule has 4 rings (SSSR count). The minimum atomic E-state index is -0.333. The Labute approximate surface area is 174 Å². The molecule has 0 unspecified atom stereocenters. The molecule has 1 aromatic carbocycles. The number of carbonyl (C=O) groups is 1. The van der Waals surface area contributed by atoms with Crippen molar-refractivity contribution in [2.24, 2.45) is 0 Å². The van der Waals surface area contributed by atoms with Gasteiger partial charge in [0.25, 0.3) is 0 Å². The summed E-state index contributed by atoms with van der Waals surface area (Å²) in [7, 11) is 1.94. The van der Waals surface area contributed by atoms with Gasteiger partial charge in [-0.05, 0) is 43.2 Å². The van der Waals surface area contributed by atoms with Crippen LogP contribution in [0.25, 0.3) is 11.6 Å². The number of nitrogens with one attached hydrogen (secondary N) is 1. The van der Waals surface area contributed by atoms with Crippen molar-refractivity contribution in [3.8, 4) is 11.6 Å². The fourth-order valence-electron chi connectivity index (χ4n) is 3.84. The predicted molar refractivity (Wildman–Crippen MR) is 111 cm³/mol. The molecule has 0 saturated heterocycles. The first kappa shape index (κ1) is 20.1. The maximum atomic E-state index is 14.7. The molecular weight excluding hydrogens is 387 g/mol. The number of furan rings is 1. The number of hydrogen-bond donors (Lipinski definition) is 1. The average molecular weight is 412 g/mol. The molecule has 3 aromatic rings. The number of hydrogen-bond acceptors (Lipinski definition) is 6. The minimum Gasteiger partial charge on any atom is -0.461 e. The third kappa shape index (κ3) is 4.69. The van der Waals surface area contributed by atoms with Gasteiger partial charge in [-0.2, -0.15) is 4.98 Å². The van der Waals surface area contributed by atoms with E-state index >= 15 is 0 Å². The topological polar surface area (TPSA) is 84.4 Å². The van der Waals surface area contributed by atoms with Crippen LogP contribution in [0.1, 0.15) is 44.4 Å². The average Bonchev–Trinajstić information content (AvgIpc) is 3.44. The molecule has 1 N–H and O–H groups in total. The standard InChI is InChI=1S/C22H25FN4O3/c1-27(16-6-3-2-4-7-16)18-10-9-15(14-17(18)23)24-20(28)11-12-21-25-22(26-30-21)19-8-5-13-29-19/h5,8-10,13-14,16H,2-4,6-7,11-12H2,1H3,(H,24,28). The van der Waals surface area contributed by atoms with Crippen LogP contribution in [0, 0.1) is 5.82 Å². The van der Waals surface area contributed by atoms with E-state index in [0.29, 0.717) is 34.9 Å². The first-order valence-corrected chi connectivity index (χ1v) is 10.3. The molecule has 0 bridgehead atoms. The van der Waals surface area contributed by atoms with Crippen LogP contribution < -0.4 is 10.2 Å². The summed E-state index contributed by atoms with van der Waals surface area (Å²) in [5.74, 6) is 0.604. The molecule has 0 atom stereocenters. The van der Waals surface area contributed by atoms with Gasteiger partial charge in [0.1, 0.15) is 5.82 Å². The summed E-state index contributed by atoms with van der Waals surface area (Å²) in [6.45, 7) is 0. The third-order valence-corrected chi connectivity index (χ3v) is 5.51. The Hall–Kier alpha value is -3.16. The maximum Gasteiger partial charge on any atom is 0.238 e. The highest BCUT2D eigenvalue weighted by atomic mass is 19.1. The van der Waals surface area contributed by atoms with Crippen LogP contribution in [0.4, 0.5) is 15.8 Å². The fourth-order valence-corrected chi connectivity index (χ4v) is 3.84. The van der Waals surface area contributed by atoms with Crippen LogP contribution in [0.3, 0.4) is 0 Å². The van der Waals surface area contributed by atoms with Gasteiger partial charge >= 0.3 is 0 Å². The number of halogens is 1. The van der Waals surface area contributed by atoms with Gasteiger partial charge < -0.3 is 19.2 Å². The molecule has 7 nitrogen and oxygen atoms in total. The maximum absolute atomic E-state index is 14.7. The van der Waals surface area contributed by atoms with E-state index < -0.39 is 0 Å². The molecule has 2 aromatic heterocycles. The van der Waals surface area contributed by atoms with E-state index in [1.54, 1.807) is 24.3 Å². The highest BCUT2D eigenvalue weighted by molar-refractivity contribution is 5.91. The molecule has 1 aliphatic carbocycles. The van der Waals surface area contributed by atoms with Gasteiger partial charge in [-0.3, -0.25) is 4.79 Å². The Morgan fingerprint density at radius 3 is 2.83 bits per heavy atom. The minimum absolute atomic E-state index is 0.144. The Balaban J connectivity index is 1.31. The molecule has 8 heteroatoms. The number of aromatic nitrogens is 2. The summed E-state index contributed by atoms with van der Waals surface area (Å²) in [6, 6.07) is 8.66. The van der Waals surface area contributed by atoms with E-state index in [-0.39, 0.29) is 24.6 Å². The summed E-state index contributed by atoms with van der Waals surface area (Å²) < 4.78 is 25.0. The second-order valence-corrected chi connectivity index (χ2v) is 7.61. The number of rotatable bonds is 7. The van der Waals surface area contributed by atoms with Gasteiger partial charge in [-0.15, -0.1) is 0 Å². The number of carbonyl (C=O) groups excluding carboxylic acids is 1. The molecule has 0 aliphatic heterocycles. The lowest BCUT2D eigenvalue weighted by molar-refractivity contribution is -0.116. The zero-order chi connectivity index (χ0) is 20.9. The fraction of sp³-hybridized carbons (Fsp3) is 0.409. The smallest absolute Gasteiger partial charge is 0.238 e. The van der Waals surface area contributed by atoms with Gasteiger partial charge in [-0.1, -0.05) is 24.4 Å². The van der Waals surface area contributed by atoms with Gasteiger partial charge in [0.15, 0.2) is 5.76 Å². The lowest BCUT2D eigenvalue weighted by Crippen LogP contribution is -2.33. The largest absolute Gasteiger partial charge is 0.461 e. The molecule has 1 amide bonds. The van der Waals surface area contributed by atoms with Crippen LogP contribution in [-0.2, 0) is 11.2 Å². The van der Waals surface area contributed by atoms with Crippen molar-refractivity contribution in [3.05, 3.63) is 48.3 Å². The Kier molecular flexibility index (Phi) is 6.11. The summed E-state index contributed by atoms with van der Waals surface area (Å²) in [4.78, 5) is 18.5. The molecular formula is C22H25FN4O3. The molecule has 1 fully saturated rings. The monoisotopic (exact) mass is 412 g/mol. The number of nitrogens with zero attached hydrogens (tertiary/aromatic N) is 3. The summed E-state index contributed by atoms with van der Waals surface area (Å²) in [5.41, 5.74) is 0.997. The van der Waals surface area contributed by atoms with Crippen molar-refractivity contribution >= 4 is 17.3 Å². The van der Waals surface area contributed by atoms with Crippen LogP contribution in [0.2, 0.25) is 0 Å². The highest BCUT2D eigenvalue weighted by Gasteiger charge is 2.21. The normalized spacial score (nSPS) is 14.6. The predicted octanol–water partition coefficient (Wildman–Crippen LogP) is 4.81. The van der Waals surface area contributed by atoms with Crippen molar-refractivity contribution in [1.29, 1.82) is 0 Å². The Bertz CT molecular complexity index is 980. The number of anilines is 2. The van der Waals surface area contributed by atoms with Crippen LogP contribution in [0.15, 0.2) is 45.5 Å². The summed E-state index contributed by atoms with van der Waals surface area (Å²) >= 11 is 0. The Morgan fingerprint density at radius 1 is 1.27 bits per heavy atom. The lowest BCUT2D eigenvalue weighted by atomic mass is 9.94. The SMILES string of the molecule is CN(c1ccc(NC(=O)CCc2nc(-c3ccco3)no2)cc1F)C1CCCCC1. The molecule has 1 saturated carbocycles. The number of benzene rings is 1. The lowest BCUT2D eigenvalue weighted by Gasteiger charge is -2.33. The molecule has 158 valence electrons. The van der Waals surface area contributed by atoms with Crippen LogP contribution >= 0.6 is 0 Å². The van der Waals surface area contributed by atoms with E-state index in [0.717, 1.165) is 12.8 Å². The first-order valence-electron chi connectivity index (χ1n) is 10.3. The van der Waals surface area contributed by atoms with E-state index in [1.165, 1.54) is 31.6 Å². The van der Waals surface area contributed by atoms with Crippen molar-refractivity contribution < 1.29 is 18.1 Å². The van der Waals surface area contributed by atoms with Gasteiger partial charge in [0, 0.05) is 31.6 Å². The number of aryl methyl sites for hydroxylation is 1. The van der Waals surface area contributed by atoms with E-state index in [9.17, 15) is 9.18 Å². The van der Waals surface area contributed by atoms with Crippen molar-refractivity contribution in [2.45, 2.75) is 51.0 Å². The second kappa shape index (κ2) is 9.11. The quantitative estimate of drug-likeness (QED) is 0.600. The van der Waals surface area contributed by atoms with Gasteiger partial charge in [0.2, 0.25) is 17.6 Å². The van der Waals surface area contributed by atoms with Crippen LogP contribution in [0.5, 0.6) is 0 Å². The third-order valence-electron chi connectivity index (χ3n) is 5.51. The zero-order valence-corrected chi connectivity index (χ0v) is 16.9. The van der Waals surface area contributed by atoms with Crippen molar-refractivity contribution in [1.82, 2.24) is 10.1 Å². The number of amides is 1. The van der Waals surface area contributed by atoms with E-state index in [4.69, 9.17) is 8.94 Å². The van der Waals surface area contributed by atoms with Crippen molar-refractivity contribution in [3.63, 3.8) is 0 Å². The highest BCUT2D eigenvalue weighted by Crippen LogP contribution is 2.29. The molecule has 30 heavy (non-hydrogen) atoms. The Morgan fingerprint density at radius 2 is 2.10 bits per heavy atom. The van der Waals surface area contributed by atoms with E-state index in [1.807, 2.05) is 11.9 Å². The summed E-state index contributed by atoms with van der Waals surface area (Å²) in [6.07, 6.45) is 7.76. The molecule has 1 aliphatic rings. The van der Waals surface area contributed by atoms with Gasteiger partial charge in [0.05, 0.1) is 12.0 Å². The molecule has 0 spiro atoms. The second-order valence-electron chi connectivity index (χ2n) is 7.61. The zero-order valence-electron chi connectivity index (χ0n) is 16.9. The molecule has 0 radical (unpaired) electrons.